The molecule has 2 aliphatic rings. The van der Waals surface area contributed by atoms with E-state index in [9.17, 15) is 4.79 Å². The van der Waals surface area contributed by atoms with Gasteiger partial charge < -0.3 is 14.8 Å². The van der Waals surface area contributed by atoms with E-state index in [1.165, 1.54) is 16.7 Å². The van der Waals surface area contributed by atoms with Crippen LogP contribution in [0.4, 0.5) is 0 Å². The molecule has 4 nitrogen and oxygen atoms in total. The Labute approximate surface area is 153 Å². The van der Waals surface area contributed by atoms with Gasteiger partial charge in [-0.25, -0.2) is 0 Å². The molecule has 4 rings (SSSR count). The second kappa shape index (κ2) is 7.34. The molecule has 0 radical (unpaired) electrons. The highest BCUT2D eigenvalue weighted by Crippen LogP contribution is 2.32. The van der Waals surface area contributed by atoms with E-state index in [0.29, 0.717) is 26.2 Å². The number of rotatable bonds is 4. The summed E-state index contributed by atoms with van der Waals surface area (Å²) in [6.45, 7) is 3.78. The van der Waals surface area contributed by atoms with Crippen molar-refractivity contribution in [3.8, 4) is 16.9 Å². The van der Waals surface area contributed by atoms with Crippen molar-refractivity contribution in [3.05, 3.63) is 65.2 Å². The smallest absolute Gasteiger partial charge is 0.247 e. The fraction of sp³-hybridized carbons (Fsp3) is 0.318. The van der Waals surface area contributed by atoms with Gasteiger partial charge in [0.25, 0.3) is 0 Å². The summed E-state index contributed by atoms with van der Waals surface area (Å²) in [4.78, 5) is 12.1. The van der Waals surface area contributed by atoms with Crippen molar-refractivity contribution < 1.29 is 14.3 Å². The number of carbonyl (C=O) groups is 1. The fourth-order valence-electron chi connectivity index (χ4n) is 3.45. The van der Waals surface area contributed by atoms with Crippen molar-refractivity contribution in [1.82, 2.24) is 5.32 Å². The molecule has 1 N–H and O–H groups in total. The number of benzene rings is 2. The molecule has 1 amide bonds. The van der Waals surface area contributed by atoms with Gasteiger partial charge in [0.05, 0.1) is 13.2 Å². The zero-order chi connectivity index (χ0) is 17.9. The van der Waals surface area contributed by atoms with Gasteiger partial charge in [-0.15, -0.1) is 0 Å². The van der Waals surface area contributed by atoms with E-state index in [1.807, 2.05) is 6.08 Å². The Morgan fingerprint density at radius 1 is 1.15 bits per heavy atom. The molecule has 2 aliphatic heterocycles. The van der Waals surface area contributed by atoms with Crippen LogP contribution in [0.2, 0.25) is 0 Å². The first kappa shape index (κ1) is 16.9. The average molecular weight is 349 g/mol. The monoisotopic (exact) mass is 349 g/mol. The van der Waals surface area contributed by atoms with Crippen molar-refractivity contribution >= 4 is 5.91 Å². The van der Waals surface area contributed by atoms with Gasteiger partial charge in [-0.1, -0.05) is 36.4 Å². The largest absolute Gasteiger partial charge is 0.490 e. The van der Waals surface area contributed by atoms with E-state index in [0.717, 1.165) is 23.3 Å². The molecule has 2 aromatic rings. The number of fused-ring (bicyclic) bond motifs is 1. The van der Waals surface area contributed by atoms with E-state index < -0.39 is 0 Å². The molecular formula is C22H23NO3. The lowest BCUT2D eigenvalue weighted by atomic mass is 10.00. The van der Waals surface area contributed by atoms with Crippen LogP contribution in [0.1, 0.15) is 24.5 Å². The van der Waals surface area contributed by atoms with Crippen LogP contribution < -0.4 is 10.1 Å². The summed E-state index contributed by atoms with van der Waals surface area (Å²) in [6.07, 6.45) is 3.78. The van der Waals surface area contributed by atoms with Crippen LogP contribution in [0.15, 0.2) is 54.1 Å². The van der Waals surface area contributed by atoms with Gasteiger partial charge in [-0.3, -0.25) is 4.79 Å². The highest BCUT2D eigenvalue weighted by molar-refractivity contribution is 5.93. The summed E-state index contributed by atoms with van der Waals surface area (Å²) in [5.41, 5.74) is 5.56. The molecule has 134 valence electrons. The molecule has 0 spiro atoms. The van der Waals surface area contributed by atoms with Crippen molar-refractivity contribution in [1.29, 1.82) is 0 Å². The van der Waals surface area contributed by atoms with Crippen LogP contribution in [0.5, 0.6) is 5.75 Å². The topological polar surface area (TPSA) is 47.6 Å². The third-order valence-electron chi connectivity index (χ3n) is 4.89. The molecular weight excluding hydrogens is 326 g/mol. The van der Waals surface area contributed by atoms with E-state index in [1.54, 1.807) is 0 Å². The first-order valence-electron chi connectivity index (χ1n) is 9.13. The van der Waals surface area contributed by atoms with Gasteiger partial charge in [-0.2, -0.15) is 0 Å². The molecule has 0 fully saturated rings. The number of ether oxygens (including phenoxy) is 2. The van der Waals surface area contributed by atoms with E-state index in [-0.39, 0.29) is 12.0 Å². The Kier molecular flexibility index (Phi) is 4.76. The van der Waals surface area contributed by atoms with Crippen LogP contribution in [-0.2, 0) is 22.5 Å². The predicted molar refractivity (Wildman–Crippen MR) is 101 cm³/mol. The van der Waals surface area contributed by atoms with Gasteiger partial charge in [0.15, 0.2) is 0 Å². The standard InChI is InChI=1S/C22H23NO3/c1-15-12-20-13-19(6-7-21(20)26-15)17-4-2-16(3-5-17)14-23-22(24)18-8-10-25-11-9-18/h2-8,13,15H,9-12,14H2,1H3,(H,23,24). The lowest BCUT2D eigenvalue weighted by molar-refractivity contribution is -0.118. The molecule has 0 aliphatic carbocycles. The minimum absolute atomic E-state index is 0.00474. The fourth-order valence-corrected chi connectivity index (χ4v) is 3.45. The minimum Gasteiger partial charge on any atom is -0.490 e. The molecule has 2 aromatic carbocycles. The molecule has 1 unspecified atom stereocenters. The second-order valence-corrected chi connectivity index (χ2v) is 6.89. The summed E-state index contributed by atoms with van der Waals surface area (Å²) in [7, 11) is 0. The van der Waals surface area contributed by atoms with Gasteiger partial charge in [-0.05, 0) is 41.3 Å². The first-order chi connectivity index (χ1) is 12.7. The third-order valence-corrected chi connectivity index (χ3v) is 4.89. The molecule has 0 saturated carbocycles. The predicted octanol–water partition coefficient (Wildman–Crippen LogP) is 3.64. The number of carbonyl (C=O) groups excluding carboxylic acids is 1. The Balaban J connectivity index is 1.40. The normalized spacial score (nSPS) is 18.7. The Bertz CT molecular complexity index is 839. The SMILES string of the molecule is CC1Cc2cc(-c3ccc(CNC(=O)C4=CCOCC4)cc3)ccc2O1. The van der Waals surface area contributed by atoms with E-state index >= 15 is 0 Å². The Morgan fingerprint density at radius 2 is 1.96 bits per heavy atom. The second-order valence-electron chi connectivity index (χ2n) is 6.89. The lowest BCUT2D eigenvalue weighted by Crippen LogP contribution is -2.26. The maximum absolute atomic E-state index is 12.1. The van der Waals surface area contributed by atoms with Gasteiger partial charge in [0, 0.05) is 25.0 Å². The zero-order valence-corrected chi connectivity index (χ0v) is 15.0. The number of hydrogen-bond donors (Lipinski definition) is 1. The van der Waals surface area contributed by atoms with Gasteiger partial charge in [0.1, 0.15) is 11.9 Å². The van der Waals surface area contributed by atoms with Crippen molar-refractivity contribution in [2.45, 2.75) is 32.4 Å². The quantitative estimate of drug-likeness (QED) is 0.917. The highest BCUT2D eigenvalue weighted by Gasteiger charge is 2.19. The van der Waals surface area contributed by atoms with Crippen LogP contribution in [0.3, 0.4) is 0 Å². The van der Waals surface area contributed by atoms with E-state index in [4.69, 9.17) is 9.47 Å². The van der Waals surface area contributed by atoms with Crippen LogP contribution in [-0.4, -0.2) is 25.2 Å². The molecule has 2 heterocycles. The molecule has 1 atom stereocenters. The molecule has 0 bridgehead atoms. The maximum Gasteiger partial charge on any atom is 0.247 e. The molecule has 0 aromatic heterocycles. The number of hydrogen-bond acceptors (Lipinski definition) is 3. The Morgan fingerprint density at radius 3 is 2.73 bits per heavy atom. The summed E-state index contributed by atoms with van der Waals surface area (Å²) in [5.74, 6) is 1.01. The van der Waals surface area contributed by atoms with Crippen molar-refractivity contribution in [2.75, 3.05) is 13.2 Å². The molecule has 4 heteroatoms. The van der Waals surface area contributed by atoms with Crippen molar-refractivity contribution in [3.63, 3.8) is 0 Å². The number of amides is 1. The van der Waals surface area contributed by atoms with Gasteiger partial charge in [0.2, 0.25) is 5.91 Å². The molecule has 0 saturated heterocycles. The lowest BCUT2D eigenvalue weighted by Gasteiger charge is -2.13. The molecule has 26 heavy (non-hydrogen) atoms. The summed E-state index contributed by atoms with van der Waals surface area (Å²) >= 11 is 0. The number of nitrogens with one attached hydrogen (secondary N) is 1. The average Bonchev–Trinajstić information content (AvgIpc) is 3.06. The highest BCUT2D eigenvalue weighted by atomic mass is 16.5. The zero-order valence-electron chi connectivity index (χ0n) is 15.0. The minimum atomic E-state index is 0.00474. The Hall–Kier alpha value is -2.59. The summed E-state index contributed by atoms with van der Waals surface area (Å²) in [5, 5.41) is 2.99. The van der Waals surface area contributed by atoms with Crippen molar-refractivity contribution in [2.24, 2.45) is 0 Å². The van der Waals surface area contributed by atoms with Gasteiger partial charge >= 0.3 is 0 Å². The van der Waals surface area contributed by atoms with Crippen LogP contribution >= 0.6 is 0 Å². The third kappa shape index (κ3) is 3.65. The summed E-state index contributed by atoms with van der Waals surface area (Å²) < 4.78 is 11.0. The van der Waals surface area contributed by atoms with E-state index in [2.05, 4.69) is 54.7 Å². The maximum atomic E-state index is 12.1. The summed E-state index contributed by atoms with van der Waals surface area (Å²) in [6, 6.07) is 14.7. The van der Waals surface area contributed by atoms with Crippen LogP contribution in [0, 0.1) is 0 Å². The van der Waals surface area contributed by atoms with Crippen LogP contribution in [0.25, 0.3) is 11.1 Å². The first-order valence-corrected chi connectivity index (χ1v) is 9.13.